The molecule has 1 heterocycles. The van der Waals surface area contributed by atoms with Crippen molar-refractivity contribution in [1.29, 1.82) is 0 Å². The molecule has 116 valence electrons. The summed E-state index contributed by atoms with van der Waals surface area (Å²) >= 11 is 3.38. The Hall–Kier alpha value is -2.15. The van der Waals surface area contributed by atoms with Crippen molar-refractivity contribution >= 4 is 39.2 Å². The molecule has 0 aliphatic heterocycles. The van der Waals surface area contributed by atoms with Crippen molar-refractivity contribution in [3.8, 4) is 0 Å². The molecule has 6 nitrogen and oxygen atoms in total. The number of anilines is 2. The SMILES string of the molecule is CC(=O)N(CC(=O)Nc1cc(C)on1)c1ccc(Br)cc1C. The highest BCUT2D eigenvalue weighted by Gasteiger charge is 2.18. The van der Waals surface area contributed by atoms with Gasteiger partial charge in [-0.2, -0.15) is 0 Å². The van der Waals surface area contributed by atoms with Crippen LogP contribution in [-0.4, -0.2) is 23.5 Å². The molecule has 0 bridgehead atoms. The summed E-state index contributed by atoms with van der Waals surface area (Å²) < 4.78 is 5.80. The number of carbonyl (C=O) groups excluding carboxylic acids is 2. The Morgan fingerprint density at radius 3 is 2.59 bits per heavy atom. The first kappa shape index (κ1) is 16.2. The Labute approximate surface area is 136 Å². The summed E-state index contributed by atoms with van der Waals surface area (Å²) in [6, 6.07) is 7.14. The zero-order chi connectivity index (χ0) is 16.3. The molecule has 0 aliphatic carbocycles. The lowest BCUT2D eigenvalue weighted by Crippen LogP contribution is -2.37. The van der Waals surface area contributed by atoms with E-state index < -0.39 is 0 Å². The maximum Gasteiger partial charge on any atom is 0.245 e. The maximum absolute atomic E-state index is 12.1. The Morgan fingerprint density at radius 1 is 1.32 bits per heavy atom. The first-order valence-corrected chi connectivity index (χ1v) is 7.43. The smallest absolute Gasteiger partial charge is 0.245 e. The van der Waals surface area contributed by atoms with E-state index in [0.29, 0.717) is 17.3 Å². The molecule has 0 saturated heterocycles. The van der Waals surface area contributed by atoms with Crippen molar-refractivity contribution in [2.75, 3.05) is 16.8 Å². The average molecular weight is 366 g/mol. The summed E-state index contributed by atoms with van der Waals surface area (Å²) in [6.45, 7) is 4.95. The number of nitrogens with zero attached hydrogens (tertiary/aromatic N) is 2. The van der Waals surface area contributed by atoms with E-state index in [9.17, 15) is 9.59 Å². The number of nitrogens with one attached hydrogen (secondary N) is 1. The van der Waals surface area contributed by atoms with Crippen molar-refractivity contribution in [3.05, 3.63) is 40.1 Å². The number of amides is 2. The van der Waals surface area contributed by atoms with Gasteiger partial charge in [0.1, 0.15) is 12.3 Å². The predicted octanol–water partition coefficient (Wildman–Crippen LogP) is 3.05. The monoisotopic (exact) mass is 365 g/mol. The molecule has 22 heavy (non-hydrogen) atoms. The van der Waals surface area contributed by atoms with E-state index in [1.807, 2.05) is 19.1 Å². The molecule has 0 atom stereocenters. The number of aromatic nitrogens is 1. The first-order valence-electron chi connectivity index (χ1n) is 6.64. The fraction of sp³-hybridized carbons (Fsp3) is 0.267. The van der Waals surface area contributed by atoms with Crippen molar-refractivity contribution in [2.24, 2.45) is 0 Å². The Balaban J connectivity index is 2.15. The molecule has 2 aromatic rings. The predicted molar refractivity (Wildman–Crippen MR) is 86.8 cm³/mol. The van der Waals surface area contributed by atoms with E-state index in [2.05, 4.69) is 26.4 Å². The molecule has 1 N–H and O–H groups in total. The quantitative estimate of drug-likeness (QED) is 0.903. The van der Waals surface area contributed by atoms with Gasteiger partial charge in [-0.3, -0.25) is 9.59 Å². The summed E-state index contributed by atoms with van der Waals surface area (Å²) in [5, 5.41) is 6.29. The van der Waals surface area contributed by atoms with Crippen LogP contribution in [0.4, 0.5) is 11.5 Å². The van der Waals surface area contributed by atoms with Gasteiger partial charge < -0.3 is 14.7 Å². The summed E-state index contributed by atoms with van der Waals surface area (Å²) in [5.41, 5.74) is 1.59. The second-order valence-corrected chi connectivity index (χ2v) is 5.82. The lowest BCUT2D eigenvalue weighted by atomic mass is 10.2. The molecule has 2 amide bonds. The second kappa shape index (κ2) is 6.74. The van der Waals surface area contributed by atoms with E-state index in [-0.39, 0.29) is 18.4 Å². The van der Waals surface area contributed by atoms with Crippen LogP contribution in [0.25, 0.3) is 0 Å². The van der Waals surface area contributed by atoms with Crippen LogP contribution < -0.4 is 10.2 Å². The zero-order valence-electron chi connectivity index (χ0n) is 12.5. The average Bonchev–Trinajstić information content (AvgIpc) is 2.82. The molecule has 0 spiro atoms. The van der Waals surface area contributed by atoms with E-state index in [1.165, 1.54) is 11.8 Å². The summed E-state index contributed by atoms with van der Waals surface area (Å²) in [5.74, 6) is 0.378. The van der Waals surface area contributed by atoms with Gasteiger partial charge in [0.05, 0.1) is 0 Å². The summed E-state index contributed by atoms with van der Waals surface area (Å²) in [7, 11) is 0. The van der Waals surface area contributed by atoms with Gasteiger partial charge >= 0.3 is 0 Å². The van der Waals surface area contributed by atoms with Crippen LogP contribution in [0.15, 0.2) is 33.3 Å². The number of hydrogen-bond donors (Lipinski definition) is 1. The molecule has 0 saturated carbocycles. The maximum atomic E-state index is 12.1. The first-order chi connectivity index (χ1) is 10.4. The lowest BCUT2D eigenvalue weighted by molar-refractivity contribution is -0.120. The van der Waals surface area contributed by atoms with Crippen molar-refractivity contribution in [1.82, 2.24) is 5.16 Å². The van der Waals surface area contributed by atoms with Crippen molar-refractivity contribution < 1.29 is 14.1 Å². The number of hydrogen-bond acceptors (Lipinski definition) is 4. The molecule has 1 aromatic heterocycles. The summed E-state index contributed by atoms with van der Waals surface area (Å²) in [4.78, 5) is 25.4. The molecule has 0 fully saturated rings. The molecule has 2 rings (SSSR count). The van der Waals surface area contributed by atoms with E-state index in [4.69, 9.17) is 4.52 Å². The van der Waals surface area contributed by atoms with E-state index in [1.54, 1.807) is 19.1 Å². The van der Waals surface area contributed by atoms with Gasteiger partial charge in [0.25, 0.3) is 0 Å². The van der Waals surface area contributed by atoms with Gasteiger partial charge in [-0.25, -0.2) is 0 Å². The highest BCUT2D eigenvalue weighted by atomic mass is 79.9. The van der Waals surface area contributed by atoms with Crippen LogP contribution in [0.3, 0.4) is 0 Å². The van der Waals surface area contributed by atoms with Crippen molar-refractivity contribution in [2.45, 2.75) is 20.8 Å². The van der Waals surface area contributed by atoms with Gasteiger partial charge in [-0.15, -0.1) is 0 Å². The standard InChI is InChI=1S/C15H16BrN3O3/c1-9-6-12(16)4-5-13(9)19(11(3)20)8-15(21)17-14-7-10(2)22-18-14/h4-7H,8H2,1-3H3,(H,17,18,21). The highest BCUT2D eigenvalue weighted by molar-refractivity contribution is 9.10. The minimum atomic E-state index is -0.342. The molecular weight excluding hydrogens is 350 g/mol. The van der Waals surface area contributed by atoms with Gasteiger partial charge in [0.15, 0.2) is 5.82 Å². The van der Waals surface area contributed by atoms with Gasteiger partial charge in [-0.05, 0) is 37.6 Å². The van der Waals surface area contributed by atoms with Crippen molar-refractivity contribution in [3.63, 3.8) is 0 Å². The van der Waals surface area contributed by atoms with E-state index >= 15 is 0 Å². The minimum absolute atomic E-state index is 0.0935. The second-order valence-electron chi connectivity index (χ2n) is 4.91. The number of aryl methyl sites for hydroxylation is 2. The van der Waals surface area contributed by atoms with Crippen LogP contribution in [0.5, 0.6) is 0 Å². The highest BCUT2D eigenvalue weighted by Crippen LogP contribution is 2.24. The largest absolute Gasteiger partial charge is 0.360 e. The molecule has 1 aromatic carbocycles. The topological polar surface area (TPSA) is 75.4 Å². The van der Waals surface area contributed by atoms with Crippen LogP contribution in [0.2, 0.25) is 0 Å². The fourth-order valence-electron chi connectivity index (χ4n) is 2.04. The number of rotatable bonds is 4. The molecular formula is C15H16BrN3O3. The number of carbonyl (C=O) groups is 2. The molecule has 7 heteroatoms. The number of halogens is 1. The Morgan fingerprint density at radius 2 is 2.05 bits per heavy atom. The molecule has 0 unspecified atom stereocenters. The molecule has 0 aliphatic rings. The van der Waals surface area contributed by atoms with Gasteiger partial charge in [0, 0.05) is 23.2 Å². The van der Waals surface area contributed by atoms with Gasteiger partial charge in [-0.1, -0.05) is 21.1 Å². The fourth-order valence-corrected chi connectivity index (χ4v) is 2.51. The van der Waals surface area contributed by atoms with Crippen LogP contribution in [0, 0.1) is 13.8 Å². The Bertz CT molecular complexity index is 712. The van der Waals surface area contributed by atoms with Crippen LogP contribution in [0.1, 0.15) is 18.2 Å². The Kier molecular flexibility index (Phi) is 4.97. The number of benzene rings is 1. The zero-order valence-corrected chi connectivity index (χ0v) is 14.1. The minimum Gasteiger partial charge on any atom is -0.360 e. The third-order valence-corrected chi connectivity index (χ3v) is 3.52. The van der Waals surface area contributed by atoms with Crippen LogP contribution in [-0.2, 0) is 9.59 Å². The molecule has 0 radical (unpaired) electrons. The van der Waals surface area contributed by atoms with Crippen LogP contribution >= 0.6 is 15.9 Å². The third-order valence-electron chi connectivity index (χ3n) is 3.03. The van der Waals surface area contributed by atoms with Gasteiger partial charge in [0.2, 0.25) is 11.8 Å². The lowest BCUT2D eigenvalue weighted by Gasteiger charge is -2.22. The van der Waals surface area contributed by atoms with E-state index in [0.717, 1.165) is 10.0 Å². The summed E-state index contributed by atoms with van der Waals surface area (Å²) in [6.07, 6.45) is 0. The third kappa shape index (κ3) is 3.94. The normalized spacial score (nSPS) is 10.4.